The molecule has 2 aromatic carbocycles. The summed E-state index contributed by atoms with van der Waals surface area (Å²) >= 11 is 0. The number of rotatable bonds is 10. The van der Waals surface area contributed by atoms with E-state index in [-0.39, 0.29) is 23.8 Å². The first-order valence-electron chi connectivity index (χ1n) is 12.1. The second-order valence-corrected chi connectivity index (χ2v) is 8.95. The monoisotopic (exact) mass is 499 g/mol. The third-order valence-electron chi connectivity index (χ3n) is 6.26. The molecule has 1 saturated heterocycles. The van der Waals surface area contributed by atoms with E-state index in [1.54, 1.807) is 24.3 Å². The summed E-state index contributed by atoms with van der Waals surface area (Å²) in [5, 5.41) is 24.2. The molecule has 3 aromatic rings. The van der Waals surface area contributed by atoms with Gasteiger partial charge in [-0.2, -0.15) is 5.26 Å². The predicted octanol–water partition coefficient (Wildman–Crippen LogP) is 2.61. The smallest absolute Gasteiger partial charge is 0.248 e. The van der Waals surface area contributed by atoms with Gasteiger partial charge >= 0.3 is 0 Å². The number of nitriles is 1. The fourth-order valence-electron chi connectivity index (χ4n) is 4.04. The van der Waals surface area contributed by atoms with Crippen LogP contribution in [0, 0.1) is 11.3 Å². The molecule has 9 heteroatoms. The van der Waals surface area contributed by atoms with Crippen LogP contribution in [0.15, 0.2) is 72.9 Å². The van der Waals surface area contributed by atoms with Crippen LogP contribution in [-0.4, -0.2) is 59.1 Å². The molecule has 1 fully saturated rings. The number of hydrogen-bond donors (Lipinski definition) is 3. The van der Waals surface area contributed by atoms with Crippen molar-refractivity contribution in [3.05, 3.63) is 89.6 Å². The van der Waals surface area contributed by atoms with E-state index in [1.165, 1.54) is 11.1 Å². The van der Waals surface area contributed by atoms with E-state index in [4.69, 9.17) is 15.1 Å². The summed E-state index contributed by atoms with van der Waals surface area (Å²) in [6, 6.07) is 21.9. The first-order chi connectivity index (χ1) is 18.0. The zero-order valence-corrected chi connectivity index (χ0v) is 20.5. The Morgan fingerprint density at radius 1 is 1.11 bits per heavy atom. The lowest BCUT2D eigenvalue weighted by Gasteiger charge is -2.38. The van der Waals surface area contributed by atoms with Crippen LogP contribution in [0.25, 0.3) is 0 Å². The normalized spacial score (nSPS) is 14.7. The zero-order chi connectivity index (χ0) is 26.2. The van der Waals surface area contributed by atoms with Crippen molar-refractivity contribution in [1.82, 2.24) is 15.2 Å². The highest BCUT2D eigenvalue weighted by molar-refractivity contribution is 5.94. The Balaban J connectivity index is 1.36. The Bertz CT molecular complexity index is 1240. The molecule has 37 heavy (non-hydrogen) atoms. The lowest BCUT2D eigenvalue weighted by molar-refractivity contribution is -0.143. The second-order valence-electron chi connectivity index (χ2n) is 8.95. The fraction of sp³-hybridized carbons (Fsp3) is 0.286. The SMILES string of the molecule is C[C@H](CN[C@H](C(=O)Nc1ccc(OC2CN(C(=O)CO)C2)cn1)c1ccccc1)c1ccc(C#N)cc1. The molecule has 1 aromatic heterocycles. The Morgan fingerprint density at radius 2 is 1.84 bits per heavy atom. The zero-order valence-electron chi connectivity index (χ0n) is 20.5. The first-order valence-corrected chi connectivity index (χ1v) is 12.1. The van der Waals surface area contributed by atoms with Crippen molar-refractivity contribution in [3.8, 4) is 11.8 Å². The summed E-state index contributed by atoms with van der Waals surface area (Å²) in [5.74, 6) is 0.496. The average Bonchev–Trinajstić information content (AvgIpc) is 2.91. The Morgan fingerprint density at radius 3 is 2.46 bits per heavy atom. The third-order valence-corrected chi connectivity index (χ3v) is 6.26. The molecule has 1 aliphatic rings. The average molecular weight is 500 g/mol. The van der Waals surface area contributed by atoms with Crippen molar-refractivity contribution >= 4 is 17.6 Å². The molecule has 4 rings (SSSR count). The third kappa shape index (κ3) is 6.70. The lowest BCUT2D eigenvalue weighted by atomic mass is 9.98. The van der Waals surface area contributed by atoms with Gasteiger partial charge in [0, 0.05) is 6.54 Å². The summed E-state index contributed by atoms with van der Waals surface area (Å²) in [4.78, 5) is 30.5. The minimum absolute atomic E-state index is 0.122. The summed E-state index contributed by atoms with van der Waals surface area (Å²) in [6.07, 6.45) is 1.38. The summed E-state index contributed by atoms with van der Waals surface area (Å²) in [7, 11) is 0. The van der Waals surface area contributed by atoms with Crippen LogP contribution in [0.1, 0.15) is 35.6 Å². The van der Waals surface area contributed by atoms with Gasteiger partial charge in [0.15, 0.2) is 0 Å². The standard InChI is InChI=1S/C28H29N5O4/c1-19(21-9-7-20(13-29)8-10-21)14-31-27(22-5-3-2-4-6-22)28(36)32-25-12-11-23(15-30-25)37-24-16-33(17-24)26(35)18-34/h2-12,15,19,24,27,31,34H,14,16-18H2,1H3,(H,30,32,36)/t19-,27+/m1/s1. The molecular weight excluding hydrogens is 470 g/mol. The van der Waals surface area contributed by atoms with Crippen LogP contribution >= 0.6 is 0 Å². The molecule has 2 amide bonds. The van der Waals surface area contributed by atoms with Gasteiger partial charge in [0.1, 0.15) is 30.3 Å². The Hall–Kier alpha value is -4.26. The number of carbonyl (C=O) groups excluding carboxylic acids is 2. The molecule has 0 bridgehead atoms. The van der Waals surface area contributed by atoms with Crippen LogP contribution < -0.4 is 15.4 Å². The van der Waals surface area contributed by atoms with E-state index < -0.39 is 12.6 Å². The van der Waals surface area contributed by atoms with Crippen LogP contribution in [0.2, 0.25) is 0 Å². The molecule has 190 valence electrons. The quantitative estimate of drug-likeness (QED) is 0.391. The highest BCUT2D eigenvalue weighted by atomic mass is 16.5. The maximum atomic E-state index is 13.3. The highest BCUT2D eigenvalue weighted by Gasteiger charge is 2.31. The van der Waals surface area contributed by atoms with Crippen molar-refractivity contribution in [2.24, 2.45) is 0 Å². The first kappa shape index (κ1) is 25.8. The van der Waals surface area contributed by atoms with Crippen molar-refractivity contribution in [2.45, 2.75) is 25.0 Å². The van der Waals surface area contributed by atoms with Crippen molar-refractivity contribution in [1.29, 1.82) is 5.26 Å². The van der Waals surface area contributed by atoms with Gasteiger partial charge in [-0.15, -0.1) is 0 Å². The second kappa shape index (κ2) is 12.1. The van der Waals surface area contributed by atoms with E-state index in [9.17, 15) is 9.59 Å². The lowest BCUT2D eigenvalue weighted by Crippen LogP contribution is -2.56. The highest BCUT2D eigenvalue weighted by Crippen LogP contribution is 2.21. The molecular formula is C28H29N5O4. The van der Waals surface area contributed by atoms with Gasteiger partial charge in [-0.3, -0.25) is 9.59 Å². The van der Waals surface area contributed by atoms with Crippen LogP contribution in [0.4, 0.5) is 5.82 Å². The van der Waals surface area contributed by atoms with Gasteiger partial charge in [0.05, 0.1) is 30.9 Å². The number of ether oxygens (including phenoxy) is 1. The predicted molar refractivity (Wildman–Crippen MR) is 138 cm³/mol. The number of anilines is 1. The number of benzene rings is 2. The van der Waals surface area contributed by atoms with Gasteiger partial charge in [-0.1, -0.05) is 49.4 Å². The largest absolute Gasteiger partial charge is 0.485 e. The van der Waals surface area contributed by atoms with Crippen LogP contribution in [-0.2, 0) is 9.59 Å². The van der Waals surface area contributed by atoms with E-state index in [1.807, 2.05) is 42.5 Å². The number of hydrogen-bond acceptors (Lipinski definition) is 7. The Labute approximate surface area is 215 Å². The van der Waals surface area contributed by atoms with E-state index in [0.29, 0.717) is 36.8 Å². The summed E-state index contributed by atoms with van der Waals surface area (Å²) < 4.78 is 5.79. The minimum atomic E-state index is -0.593. The molecule has 0 radical (unpaired) electrons. The van der Waals surface area contributed by atoms with Gasteiger partial charge in [0.2, 0.25) is 11.8 Å². The number of pyridine rings is 1. The van der Waals surface area contributed by atoms with Crippen LogP contribution in [0.3, 0.4) is 0 Å². The number of likely N-dealkylation sites (tertiary alicyclic amines) is 1. The molecule has 0 spiro atoms. The molecule has 0 saturated carbocycles. The molecule has 0 unspecified atom stereocenters. The van der Waals surface area contributed by atoms with Gasteiger partial charge in [-0.05, 0) is 41.3 Å². The number of aliphatic hydroxyl groups excluding tert-OH is 1. The number of nitrogens with zero attached hydrogens (tertiary/aromatic N) is 3. The number of nitrogens with one attached hydrogen (secondary N) is 2. The van der Waals surface area contributed by atoms with Crippen LogP contribution in [0.5, 0.6) is 5.75 Å². The van der Waals surface area contributed by atoms with Crippen molar-refractivity contribution in [3.63, 3.8) is 0 Å². The minimum Gasteiger partial charge on any atom is -0.485 e. The number of aromatic nitrogens is 1. The number of carbonyl (C=O) groups is 2. The van der Waals surface area contributed by atoms with Gasteiger partial charge in [-0.25, -0.2) is 4.98 Å². The Kier molecular flexibility index (Phi) is 8.46. The topological polar surface area (TPSA) is 128 Å². The van der Waals surface area contributed by atoms with E-state index in [2.05, 4.69) is 28.6 Å². The maximum absolute atomic E-state index is 13.3. The molecule has 2 heterocycles. The fourth-order valence-corrected chi connectivity index (χ4v) is 4.04. The maximum Gasteiger partial charge on any atom is 0.248 e. The molecule has 3 N–H and O–H groups in total. The van der Waals surface area contributed by atoms with Crippen molar-refractivity contribution < 1.29 is 19.4 Å². The van der Waals surface area contributed by atoms with E-state index >= 15 is 0 Å². The molecule has 0 aliphatic carbocycles. The van der Waals surface area contributed by atoms with E-state index in [0.717, 1.165) is 11.1 Å². The number of aliphatic hydroxyl groups is 1. The molecule has 1 aliphatic heterocycles. The summed E-state index contributed by atoms with van der Waals surface area (Å²) in [6.45, 7) is 2.95. The molecule has 2 atom stereocenters. The van der Waals surface area contributed by atoms with Crippen molar-refractivity contribution in [2.75, 3.05) is 31.6 Å². The number of amides is 2. The molecule has 9 nitrogen and oxygen atoms in total. The summed E-state index contributed by atoms with van der Waals surface area (Å²) in [5.41, 5.74) is 2.52. The van der Waals surface area contributed by atoms with Gasteiger partial charge in [0.25, 0.3) is 0 Å². The van der Waals surface area contributed by atoms with Gasteiger partial charge < -0.3 is 25.4 Å².